The van der Waals surface area contributed by atoms with Gasteiger partial charge in [0.2, 0.25) is 5.91 Å². The van der Waals surface area contributed by atoms with E-state index in [-0.39, 0.29) is 24.3 Å². The number of carbonyl (C=O) groups is 2. The fourth-order valence-corrected chi connectivity index (χ4v) is 2.92. The first-order chi connectivity index (χ1) is 10.1. The lowest BCUT2D eigenvalue weighted by molar-refractivity contribution is -0.130. The maximum absolute atomic E-state index is 12.0. The van der Waals surface area contributed by atoms with Crippen molar-refractivity contribution in [2.75, 3.05) is 5.32 Å². The largest absolute Gasteiger partial charge is 0.478 e. The highest BCUT2D eigenvalue weighted by molar-refractivity contribution is 6.00. The molecule has 0 saturated heterocycles. The molecule has 1 atom stereocenters. The zero-order valence-corrected chi connectivity index (χ0v) is 12.1. The van der Waals surface area contributed by atoms with Crippen molar-refractivity contribution in [3.63, 3.8) is 0 Å². The molecule has 5 heteroatoms. The van der Waals surface area contributed by atoms with Gasteiger partial charge in [-0.1, -0.05) is 18.9 Å². The van der Waals surface area contributed by atoms with Gasteiger partial charge in [0.05, 0.1) is 12.1 Å². The van der Waals surface area contributed by atoms with Crippen LogP contribution in [0, 0.1) is 6.92 Å². The van der Waals surface area contributed by atoms with E-state index in [1.165, 1.54) is 0 Å². The molecule has 5 nitrogen and oxygen atoms in total. The molecular formula is C16H20N2O3. The van der Waals surface area contributed by atoms with Crippen LogP contribution >= 0.6 is 0 Å². The van der Waals surface area contributed by atoms with E-state index in [0.29, 0.717) is 11.4 Å². The minimum Gasteiger partial charge on any atom is -0.478 e. The van der Waals surface area contributed by atoms with Crippen LogP contribution in [0.2, 0.25) is 0 Å². The summed E-state index contributed by atoms with van der Waals surface area (Å²) in [6, 6.07) is 5.87. The highest BCUT2D eigenvalue weighted by Crippen LogP contribution is 2.31. The normalized spacial score (nSPS) is 21.4. The molecule has 0 radical (unpaired) electrons. The van der Waals surface area contributed by atoms with Crippen molar-refractivity contribution in [1.29, 1.82) is 0 Å². The van der Waals surface area contributed by atoms with Crippen LogP contribution in [0.15, 0.2) is 18.2 Å². The molecule has 1 aliphatic carbocycles. The summed E-state index contributed by atoms with van der Waals surface area (Å²) in [4.78, 5) is 24.0. The van der Waals surface area contributed by atoms with E-state index in [9.17, 15) is 9.59 Å². The third-order valence-corrected chi connectivity index (χ3v) is 4.05. The van der Waals surface area contributed by atoms with E-state index in [4.69, 9.17) is 4.74 Å². The van der Waals surface area contributed by atoms with Crippen molar-refractivity contribution in [1.82, 2.24) is 5.32 Å². The second-order valence-electron chi connectivity index (χ2n) is 5.85. The molecule has 0 bridgehead atoms. The SMILES string of the molecule is Cc1ccc2c(c1)NC(=O)[C@H](CC(=O)NC1CCCC1)O2. The van der Waals surface area contributed by atoms with Crippen LogP contribution in [0.1, 0.15) is 37.7 Å². The van der Waals surface area contributed by atoms with Gasteiger partial charge in [-0.15, -0.1) is 0 Å². The summed E-state index contributed by atoms with van der Waals surface area (Å²) in [5, 5.41) is 5.79. The molecule has 1 aromatic rings. The van der Waals surface area contributed by atoms with Gasteiger partial charge in [-0.05, 0) is 37.5 Å². The average molecular weight is 288 g/mol. The van der Waals surface area contributed by atoms with Gasteiger partial charge in [0.15, 0.2) is 6.10 Å². The van der Waals surface area contributed by atoms with Crippen LogP contribution in [0.25, 0.3) is 0 Å². The molecule has 1 aromatic carbocycles. The minimum atomic E-state index is -0.749. The predicted molar refractivity (Wildman–Crippen MR) is 79.2 cm³/mol. The van der Waals surface area contributed by atoms with Gasteiger partial charge in [-0.3, -0.25) is 9.59 Å². The summed E-state index contributed by atoms with van der Waals surface area (Å²) >= 11 is 0. The Labute approximate surface area is 124 Å². The Balaban J connectivity index is 1.62. The van der Waals surface area contributed by atoms with Gasteiger partial charge in [-0.2, -0.15) is 0 Å². The summed E-state index contributed by atoms with van der Waals surface area (Å²) < 4.78 is 5.66. The van der Waals surface area contributed by atoms with Crippen LogP contribution in [0.4, 0.5) is 5.69 Å². The highest BCUT2D eigenvalue weighted by Gasteiger charge is 2.30. The second-order valence-corrected chi connectivity index (χ2v) is 5.85. The van der Waals surface area contributed by atoms with Crippen molar-refractivity contribution in [3.8, 4) is 5.75 Å². The first-order valence-electron chi connectivity index (χ1n) is 7.49. The summed E-state index contributed by atoms with van der Waals surface area (Å²) in [7, 11) is 0. The Morgan fingerprint density at radius 1 is 1.38 bits per heavy atom. The summed E-state index contributed by atoms with van der Waals surface area (Å²) in [6.07, 6.45) is 3.71. The number of nitrogens with one attached hydrogen (secondary N) is 2. The lowest BCUT2D eigenvalue weighted by Gasteiger charge is -2.26. The van der Waals surface area contributed by atoms with Crippen LogP contribution in [-0.2, 0) is 9.59 Å². The number of ether oxygens (including phenoxy) is 1. The van der Waals surface area contributed by atoms with Gasteiger partial charge in [0.1, 0.15) is 5.75 Å². The minimum absolute atomic E-state index is 0.0651. The number of aryl methyl sites for hydroxylation is 1. The quantitative estimate of drug-likeness (QED) is 0.895. The molecule has 21 heavy (non-hydrogen) atoms. The van der Waals surface area contributed by atoms with Crippen LogP contribution in [0.3, 0.4) is 0 Å². The molecule has 2 N–H and O–H groups in total. The number of benzene rings is 1. The third-order valence-electron chi connectivity index (χ3n) is 4.05. The van der Waals surface area contributed by atoms with Gasteiger partial charge in [0.25, 0.3) is 5.91 Å². The first-order valence-corrected chi connectivity index (χ1v) is 7.49. The molecule has 3 rings (SSSR count). The molecular weight excluding hydrogens is 268 g/mol. The summed E-state index contributed by atoms with van der Waals surface area (Å²) in [5.41, 5.74) is 1.72. The number of hydrogen-bond donors (Lipinski definition) is 2. The summed E-state index contributed by atoms with van der Waals surface area (Å²) in [5.74, 6) is 0.256. The van der Waals surface area contributed by atoms with E-state index in [2.05, 4.69) is 10.6 Å². The van der Waals surface area contributed by atoms with E-state index < -0.39 is 6.10 Å². The Morgan fingerprint density at radius 3 is 2.90 bits per heavy atom. The fraction of sp³-hybridized carbons (Fsp3) is 0.500. The third kappa shape index (κ3) is 3.17. The molecule has 0 aromatic heterocycles. The Morgan fingerprint density at radius 2 is 2.14 bits per heavy atom. The molecule has 1 heterocycles. The monoisotopic (exact) mass is 288 g/mol. The molecule has 2 aliphatic rings. The predicted octanol–water partition coefficient (Wildman–Crippen LogP) is 2.14. The van der Waals surface area contributed by atoms with Crippen molar-refractivity contribution in [3.05, 3.63) is 23.8 Å². The second kappa shape index (κ2) is 5.76. The average Bonchev–Trinajstić information content (AvgIpc) is 2.92. The molecule has 0 unspecified atom stereocenters. The Kier molecular flexibility index (Phi) is 3.82. The number of hydrogen-bond acceptors (Lipinski definition) is 3. The number of amides is 2. The zero-order valence-electron chi connectivity index (χ0n) is 12.1. The van der Waals surface area contributed by atoms with Crippen LogP contribution in [-0.4, -0.2) is 24.0 Å². The van der Waals surface area contributed by atoms with E-state index >= 15 is 0 Å². The lowest BCUT2D eigenvalue weighted by Crippen LogP contribution is -2.42. The van der Waals surface area contributed by atoms with E-state index in [1.807, 2.05) is 25.1 Å². The smallest absolute Gasteiger partial charge is 0.266 e. The zero-order chi connectivity index (χ0) is 14.8. The van der Waals surface area contributed by atoms with Crippen molar-refractivity contribution < 1.29 is 14.3 Å². The Hall–Kier alpha value is -2.04. The molecule has 112 valence electrons. The topological polar surface area (TPSA) is 67.4 Å². The number of rotatable bonds is 3. The molecule has 1 aliphatic heterocycles. The van der Waals surface area contributed by atoms with Crippen molar-refractivity contribution in [2.45, 2.75) is 51.2 Å². The van der Waals surface area contributed by atoms with Gasteiger partial charge < -0.3 is 15.4 Å². The number of fused-ring (bicyclic) bond motifs is 1. The van der Waals surface area contributed by atoms with E-state index in [1.54, 1.807) is 0 Å². The van der Waals surface area contributed by atoms with Crippen molar-refractivity contribution in [2.24, 2.45) is 0 Å². The fourth-order valence-electron chi connectivity index (χ4n) is 2.92. The maximum atomic E-state index is 12.0. The number of anilines is 1. The highest BCUT2D eigenvalue weighted by atomic mass is 16.5. The van der Waals surface area contributed by atoms with Crippen LogP contribution in [0.5, 0.6) is 5.75 Å². The van der Waals surface area contributed by atoms with E-state index in [0.717, 1.165) is 31.2 Å². The molecule has 0 spiro atoms. The van der Waals surface area contributed by atoms with Crippen molar-refractivity contribution >= 4 is 17.5 Å². The van der Waals surface area contributed by atoms with Gasteiger partial charge >= 0.3 is 0 Å². The molecule has 2 amide bonds. The molecule has 1 fully saturated rings. The van der Waals surface area contributed by atoms with Gasteiger partial charge in [0, 0.05) is 6.04 Å². The molecule has 1 saturated carbocycles. The van der Waals surface area contributed by atoms with Gasteiger partial charge in [-0.25, -0.2) is 0 Å². The number of carbonyl (C=O) groups excluding carboxylic acids is 2. The summed E-state index contributed by atoms with van der Waals surface area (Å²) in [6.45, 7) is 1.95. The van der Waals surface area contributed by atoms with Crippen LogP contribution < -0.4 is 15.4 Å². The lowest BCUT2D eigenvalue weighted by atomic mass is 10.1. The Bertz CT molecular complexity index is 565. The first kappa shape index (κ1) is 13.9. The standard InChI is InChI=1S/C16H20N2O3/c1-10-6-7-13-12(8-10)18-16(20)14(21-13)9-15(19)17-11-4-2-3-5-11/h6-8,11,14H,2-5,9H2,1H3,(H,17,19)(H,18,20)/t14-/m0/s1. The maximum Gasteiger partial charge on any atom is 0.266 e.